The van der Waals surface area contributed by atoms with Gasteiger partial charge < -0.3 is 15.8 Å². The Morgan fingerprint density at radius 1 is 1.25 bits per heavy atom. The number of hydrogen-bond acceptors (Lipinski definition) is 5. The van der Waals surface area contributed by atoms with E-state index in [4.69, 9.17) is 5.73 Å². The number of ether oxygens (including phenoxy) is 1. The molecule has 1 amide bonds. The van der Waals surface area contributed by atoms with Crippen LogP contribution < -0.4 is 11.1 Å². The van der Waals surface area contributed by atoms with Crippen LogP contribution in [0, 0.1) is 5.82 Å². The Morgan fingerprint density at radius 2 is 1.89 bits per heavy atom. The first-order chi connectivity index (χ1) is 13.1. The predicted molar refractivity (Wildman–Crippen MR) is 95.4 cm³/mol. The largest absolute Gasteiger partial charge is 0.469 e. The van der Waals surface area contributed by atoms with E-state index >= 15 is 0 Å². The van der Waals surface area contributed by atoms with Gasteiger partial charge in [-0.1, -0.05) is 6.92 Å². The van der Waals surface area contributed by atoms with Crippen LogP contribution in [0.15, 0.2) is 35.0 Å². The average molecular weight is 403 g/mol. The van der Waals surface area contributed by atoms with Crippen LogP contribution in [0.5, 0.6) is 0 Å². The molecule has 1 rings (SSSR count). The van der Waals surface area contributed by atoms with Gasteiger partial charge in [-0.2, -0.15) is 13.2 Å². The van der Waals surface area contributed by atoms with Gasteiger partial charge in [0.05, 0.1) is 24.8 Å². The van der Waals surface area contributed by atoms with Gasteiger partial charge in [0.1, 0.15) is 5.82 Å². The summed E-state index contributed by atoms with van der Waals surface area (Å²) in [6.45, 7) is 1.69. The molecular formula is C18H21F4N3O3. The van der Waals surface area contributed by atoms with Crippen molar-refractivity contribution in [1.29, 1.82) is 0 Å². The quantitative estimate of drug-likeness (QED) is 0.397. The van der Waals surface area contributed by atoms with Crippen LogP contribution in [0.2, 0.25) is 0 Å². The number of carbonyl (C=O) groups is 2. The number of methoxy groups -OCH3 is 1. The summed E-state index contributed by atoms with van der Waals surface area (Å²) in [5.74, 6) is -2.24. The number of halogens is 4. The Hall–Kier alpha value is -2.91. The highest BCUT2D eigenvalue weighted by Crippen LogP contribution is 2.29. The second-order valence-electron chi connectivity index (χ2n) is 5.62. The van der Waals surface area contributed by atoms with E-state index in [-0.39, 0.29) is 30.6 Å². The summed E-state index contributed by atoms with van der Waals surface area (Å²) in [6, 6.07) is 2.79. The molecule has 0 aliphatic rings. The van der Waals surface area contributed by atoms with Crippen molar-refractivity contribution in [1.82, 2.24) is 5.32 Å². The highest BCUT2D eigenvalue weighted by molar-refractivity contribution is 6.14. The fourth-order valence-corrected chi connectivity index (χ4v) is 2.20. The fourth-order valence-electron chi connectivity index (χ4n) is 2.20. The normalized spacial score (nSPS) is 12.6. The van der Waals surface area contributed by atoms with Crippen LogP contribution in [-0.2, 0) is 9.53 Å². The van der Waals surface area contributed by atoms with Crippen molar-refractivity contribution in [3.8, 4) is 0 Å². The van der Waals surface area contributed by atoms with Crippen molar-refractivity contribution >= 4 is 17.6 Å². The first kappa shape index (κ1) is 23.1. The number of nitrogens with one attached hydrogen (secondary N) is 1. The number of rotatable bonds is 8. The molecule has 1 aromatic rings. The molecule has 0 saturated heterocycles. The molecule has 0 fully saturated rings. The van der Waals surface area contributed by atoms with E-state index in [1.165, 1.54) is 7.11 Å². The third kappa shape index (κ3) is 6.67. The number of hydrogen-bond donors (Lipinski definition) is 2. The van der Waals surface area contributed by atoms with Gasteiger partial charge in [-0.3, -0.25) is 14.6 Å². The second kappa shape index (κ2) is 10.4. The van der Waals surface area contributed by atoms with Gasteiger partial charge in [-0.15, -0.1) is 0 Å². The maximum absolute atomic E-state index is 14.0. The minimum atomic E-state index is -4.81. The van der Waals surface area contributed by atoms with Gasteiger partial charge in [0, 0.05) is 30.4 Å². The van der Waals surface area contributed by atoms with E-state index in [1.54, 1.807) is 6.92 Å². The third-order valence-corrected chi connectivity index (χ3v) is 3.50. The van der Waals surface area contributed by atoms with E-state index in [1.807, 2.05) is 0 Å². The van der Waals surface area contributed by atoms with E-state index in [2.05, 4.69) is 15.0 Å². The molecule has 28 heavy (non-hydrogen) atoms. The maximum atomic E-state index is 14.0. The van der Waals surface area contributed by atoms with Crippen LogP contribution in [0.4, 0.5) is 17.6 Å². The Labute approximate surface area is 159 Å². The summed E-state index contributed by atoms with van der Waals surface area (Å²) >= 11 is 0. The number of benzene rings is 1. The van der Waals surface area contributed by atoms with Gasteiger partial charge in [-0.05, 0) is 24.6 Å². The zero-order valence-electron chi connectivity index (χ0n) is 15.4. The molecule has 0 aliphatic carbocycles. The standard InChI is InChI=1S/C18H21F4N3O3/c1-3-5-24-16(14(10-23)18(20,21)22)11-7-12(9-13(19)8-11)17(27)25-6-4-15(26)28-2/h7-10H,3-6,23H2,1-2H3,(H,25,27). The summed E-state index contributed by atoms with van der Waals surface area (Å²) in [6.07, 6.45) is -4.11. The molecule has 154 valence electrons. The van der Waals surface area contributed by atoms with Crippen molar-refractivity contribution < 1.29 is 31.9 Å². The predicted octanol–water partition coefficient (Wildman–Crippen LogP) is 2.72. The summed E-state index contributed by atoms with van der Waals surface area (Å²) in [5.41, 5.74) is 2.89. The minimum absolute atomic E-state index is 0.0555. The summed E-state index contributed by atoms with van der Waals surface area (Å²) in [7, 11) is 1.18. The molecule has 0 bridgehead atoms. The number of esters is 1. The Morgan fingerprint density at radius 3 is 2.43 bits per heavy atom. The van der Waals surface area contributed by atoms with Crippen LogP contribution in [0.3, 0.4) is 0 Å². The fraction of sp³-hybridized carbons (Fsp3) is 0.389. The first-order valence-electron chi connectivity index (χ1n) is 8.33. The van der Waals surface area contributed by atoms with E-state index in [0.717, 1.165) is 18.2 Å². The van der Waals surface area contributed by atoms with Gasteiger partial charge in [0.25, 0.3) is 5.91 Å². The highest BCUT2D eigenvalue weighted by atomic mass is 19.4. The van der Waals surface area contributed by atoms with Crippen LogP contribution in [0.1, 0.15) is 35.7 Å². The molecule has 6 nitrogen and oxygen atoms in total. The zero-order valence-corrected chi connectivity index (χ0v) is 15.4. The smallest absolute Gasteiger partial charge is 0.419 e. The Balaban J connectivity index is 3.24. The van der Waals surface area contributed by atoms with Crippen molar-refractivity contribution in [2.75, 3.05) is 20.2 Å². The summed E-state index contributed by atoms with van der Waals surface area (Å²) < 4.78 is 58.2. The van der Waals surface area contributed by atoms with Gasteiger partial charge in [0.15, 0.2) is 0 Å². The number of alkyl halides is 3. The molecule has 0 aliphatic heterocycles. The number of carbonyl (C=O) groups excluding carboxylic acids is 2. The average Bonchev–Trinajstić information content (AvgIpc) is 2.63. The first-order valence-corrected chi connectivity index (χ1v) is 8.33. The van der Waals surface area contributed by atoms with Crippen LogP contribution in [-0.4, -0.2) is 44.0 Å². The lowest BCUT2D eigenvalue weighted by Crippen LogP contribution is -2.27. The number of nitrogens with two attached hydrogens (primary N) is 1. The number of allylic oxidation sites excluding steroid dienone is 1. The lowest BCUT2D eigenvalue weighted by molar-refractivity contribution is -0.140. The monoisotopic (exact) mass is 403 g/mol. The summed E-state index contributed by atoms with van der Waals surface area (Å²) in [5, 5.41) is 2.37. The van der Waals surface area contributed by atoms with Crippen molar-refractivity contribution in [2.45, 2.75) is 25.9 Å². The molecule has 0 unspecified atom stereocenters. The maximum Gasteiger partial charge on any atom is 0.419 e. The topological polar surface area (TPSA) is 93.8 Å². The second-order valence-corrected chi connectivity index (χ2v) is 5.62. The number of nitrogens with zero attached hydrogens (tertiary/aromatic N) is 1. The van der Waals surface area contributed by atoms with Crippen LogP contribution >= 0.6 is 0 Å². The molecule has 1 aromatic carbocycles. The molecule has 0 saturated carbocycles. The van der Waals surface area contributed by atoms with Gasteiger partial charge in [0.2, 0.25) is 0 Å². The van der Waals surface area contributed by atoms with Gasteiger partial charge in [-0.25, -0.2) is 4.39 Å². The molecule has 0 radical (unpaired) electrons. The zero-order chi connectivity index (χ0) is 21.3. The molecular weight excluding hydrogens is 382 g/mol. The van der Waals surface area contributed by atoms with Crippen molar-refractivity contribution in [3.05, 3.63) is 46.9 Å². The Kier molecular flexibility index (Phi) is 8.62. The van der Waals surface area contributed by atoms with Crippen LogP contribution in [0.25, 0.3) is 0 Å². The van der Waals surface area contributed by atoms with Crippen molar-refractivity contribution in [2.24, 2.45) is 10.7 Å². The number of amides is 1. The molecule has 0 heterocycles. The van der Waals surface area contributed by atoms with Crippen molar-refractivity contribution in [3.63, 3.8) is 0 Å². The van der Waals surface area contributed by atoms with Gasteiger partial charge >= 0.3 is 12.1 Å². The SMILES string of the molecule is CCCN=C(C(=CN)C(F)(F)F)c1cc(F)cc(C(=O)NCCC(=O)OC)c1. The molecule has 0 aromatic heterocycles. The lowest BCUT2D eigenvalue weighted by Gasteiger charge is -2.15. The van der Waals surface area contributed by atoms with E-state index in [0.29, 0.717) is 12.6 Å². The molecule has 10 heteroatoms. The minimum Gasteiger partial charge on any atom is -0.469 e. The van der Waals surface area contributed by atoms with E-state index in [9.17, 15) is 27.2 Å². The highest BCUT2D eigenvalue weighted by Gasteiger charge is 2.37. The molecule has 0 atom stereocenters. The Bertz CT molecular complexity index is 774. The lowest BCUT2D eigenvalue weighted by atomic mass is 9.99. The molecule has 3 N–H and O–H groups in total. The molecule has 0 spiro atoms. The summed E-state index contributed by atoms with van der Waals surface area (Å²) in [4.78, 5) is 27.1. The van der Waals surface area contributed by atoms with E-state index < -0.39 is 35.2 Å². The third-order valence-electron chi connectivity index (χ3n) is 3.50. The number of aliphatic imine (C=N–C) groups is 1.